The van der Waals surface area contributed by atoms with E-state index in [0.29, 0.717) is 0 Å². The Bertz CT molecular complexity index is 550. The molecule has 1 unspecified atom stereocenters. The molecule has 0 spiro atoms. The van der Waals surface area contributed by atoms with Gasteiger partial charge in [0.25, 0.3) is 0 Å². The summed E-state index contributed by atoms with van der Waals surface area (Å²) in [5.41, 5.74) is 9.08. The quantitative estimate of drug-likeness (QED) is 0.900. The molecule has 0 fully saturated rings. The lowest BCUT2D eigenvalue weighted by atomic mass is 9.86. The Balaban J connectivity index is 2.46. The van der Waals surface area contributed by atoms with Crippen LogP contribution in [0.25, 0.3) is 0 Å². The van der Waals surface area contributed by atoms with Crippen LogP contribution in [0.5, 0.6) is 5.75 Å². The molecule has 0 aliphatic rings. The van der Waals surface area contributed by atoms with Gasteiger partial charge in [-0.3, -0.25) is 4.98 Å². The van der Waals surface area contributed by atoms with Gasteiger partial charge in [-0.2, -0.15) is 0 Å². The number of aryl methyl sites for hydroxylation is 1. The number of ether oxygens (including phenoxy) is 1. The average molecular weight is 242 g/mol. The third-order valence-corrected chi connectivity index (χ3v) is 3.17. The van der Waals surface area contributed by atoms with Gasteiger partial charge in [-0.1, -0.05) is 29.8 Å². The van der Waals surface area contributed by atoms with Crippen molar-refractivity contribution in [1.82, 2.24) is 4.98 Å². The third kappa shape index (κ3) is 2.36. The summed E-state index contributed by atoms with van der Waals surface area (Å²) in [6.45, 7) is 4.04. The Morgan fingerprint density at radius 2 is 1.94 bits per heavy atom. The Morgan fingerprint density at radius 3 is 2.61 bits per heavy atom. The summed E-state index contributed by atoms with van der Waals surface area (Å²) in [7, 11) is 1.63. The van der Waals surface area contributed by atoms with Gasteiger partial charge in [0, 0.05) is 6.20 Å². The molecule has 2 N–H and O–H groups in total. The minimum absolute atomic E-state index is 0.576. The first-order valence-corrected chi connectivity index (χ1v) is 5.89. The third-order valence-electron chi connectivity index (χ3n) is 3.17. The highest BCUT2D eigenvalue weighted by atomic mass is 16.5. The normalized spacial score (nSPS) is 14.0. The Kier molecular flexibility index (Phi) is 3.34. The van der Waals surface area contributed by atoms with Crippen LogP contribution >= 0.6 is 0 Å². The van der Waals surface area contributed by atoms with Crippen molar-refractivity contribution >= 4 is 0 Å². The van der Waals surface area contributed by atoms with E-state index in [9.17, 15) is 0 Å². The molecule has 0 aliphatic carbocycles. The van der Waals surface area contributed by atoms with Crippen LogP contribution in [0.15, 0.2) is 42.7 Å². The Hall–Kier alpha value is -1.87. The van der Waals surface area contributed by atoms with Crippen molar-refractivity contribution in [2.24, 2.45) is 5.73 Å². The number of rotatable bonds is 3. The van der Waals surface area contributed by atoms with Crippen molar-refractivity contribution in [2.75, 3.05) is 7.11 Å². The molecule has 0 saturated carbocycles. The van der Waals surface area contributed by atoms with Crippen LogP contribution in [0.2, 0.25) is 0 Å². The first-order valence-electron chi connectivity index (χ1n) is 5.89. The summed E-state index contributed by atoms with van der Waals surface area (Å²) in [5, 5.41) is 0. The van der Waals surface area contributed by atoms with Gasteiger partial charge in [-0.25, -0.2) is 0 Å². The lowest BCUT2D eigenvalue weighted by Crippen LogP contribution is -2.34. The maximum Gasteiger partial charge on any atom is 0.137 e. The predicted molar refractivity (Wildman–Crippen MR) is 72.6 cm³/mol. The van der Waals surface area contributed by atoms with Crippen LogP contribution in [0, 0.1) is 6.92 Å². The zero-order valence-electron chi connectivity index (χ0n) is 11.0. The van der Waals surface area contributed by atoms with Crippen LogP contribution in [-0.4, -0.2) is 12.1 Å². The molecule has 1 aromatic carbocycles. The number of hydrogen-bond donors (Lipinski definition) is 1. The topological polar surface area (TPSA) is 48.1 Å². The molecule has 94 valence electrons. The lowest BCUT2D eigenvalue weighted by molar-refractivity contribution is 0.410. The Labute approximate surface area is 108 Å². The van der Waals surface area contributed by atoms with Crippen molar-refractivity contribution < 1.29 is 4.74 Å². The number of pyridine rings is 1. The number of aromatic nitrogens is 1. The van der Waals surface area contributed by atoms with Crippen molar-refractivity contribution in [3.05, 3.63) is 59.4 Å². The summed E-state index contributed by atoms with van der Waals surface area (Å²) in [4.78, 5) is 4.16. The highest BCUT2D eigenvalue weighted by molar-refractivity contribution is 5.39. The maximum atomic E-state index is 6.46. The molecule has 2 aromatic rings. The van der Waals surface area contributed by atoms with Gasteiger partial charge < -0.3 is 10.5 Å². The summed E-state index contributed by atoms with van der Waals surface area (Å²) in [6, 6.07) is 10.1. The molecule has 3 nitrogen and oxygen atoms in total. The molecule has 0 aliphatic heterocycles. The predicted octanol–water partition coefficient (Wildman–Crippen LogP) is 2.62. The van der Waals surface area contributed by atoms with Crippen molar-refractivity contribution in [3.8, 4) is 5.75 Å². The standard InChI is InChI=1S/C15H18N2O/c1-11-5-4-6-12(7-11)15(2,16)13-8-14(18-3)10-17-9-13/h4-10H,16H2,1-3H3. The van der Waals surface area contributed by atoms with E-state index in [4.69, 9.17) is 10.5 Å². The van der Waals surface area contributed by atoms with Gasteiger partial charge in [-0.15, -0.1) is 0 Å². The van der Waals surface area contributed by atoms with E-state index in [1.54, 1.807) is 19.5 Å². The van der Waals surface area contributed by atoms with Crippen molar-refractivity contribution in [3.63, 3.8) is 0 Å². The van der Waals surface area contributed by atoms with E-state index in [0.717, 1.165) is 16.9 Å². The van der Waals surface area contributed by atoms with Crippen molar-refractivity contribution in [1.29, 1.82) is 0 Å². The smallest absolute Gasteiger partial charge is 0.137 e. The average Bonchev–Trinajstić information content (AvgIpc) is 2.39. The van der Waals surface area contributed by atoms with Crippen LogP contribution < -0.4 is 10.5 Å². The van der Waals surface area contributed by atoms with E-state index < -0.39 is 5.54 Å². The fourth-order valence-corrected chi connectivity index (χ4v) is 1.95. The van der Waals surface area contributed by atoms with E-state index in [-0.39, 0.29) is 0 Å². The number of nitrogens with zero attached hydrogens (tertiary/aromatic N) is 1. The van der Waals surface area contributed by atoms with E-state index in [1.165, 1.54) is 5.56 Å². The molecule has 0 saturated heterocycles. The second-order valence-electron chi connectivity index (χ2n) is 4.69. The van der Waals surface area contributed by atoms with E-state index >= 15 is 0 Å². The van der Waals surface area contributed by atoms with Gasteiger partial charge >= 0.3 is 0 Å². The molecule has 1 heterocycles. The molecular weight excluding hydrogens is 224 g/mol. The first-order chi connectivity index (χ1) is 8.54. The number of hydrogen-bond acceptors (Lipinski definition) is 3. The minimum atomic E-state index is -0.576. The molecule has 0 amide bonds. The Morgan fingerprint density at radius 1 is 1.17 bits per heavy atom. The van der Waals surface area contributed by atoms with Crippen LogP contribution in [0.3, 0.4) is 0 Å². The van der Waals surface area contributed by atoms with E-state index in [2.05, 4.69) is 24.0 Å². The SMILES string of the molecule is COc1cncc(C(C)(N)c2cccc(C)c2)c1. The molecule has 2 rings (SSSR count). The fourth-order valence-electron chi connectivity index (χ4n) is 1.95. The highest BCUT2D eigenvalue weighted by Crippen LogP contribution is 2.28. The monoisotopic (exact) mass is 242 g/mol. The molecular formula is C15H18N2O. The van der Waals surface area contributed by atoms with Crippen LogP contribution in [0.1, 0.15) is 23.6 Å². The van der Waals surface area contributed by atoms with Gasteiger partial charge in [0.2, 0.25) is 0 Å². The molecule has 0 radical (unpaired) electrons. The minimum Gasteiger partial charge on any atom is -0.495 e. The largest absolute Gasteiger partial charge is 0.495 e. The summed E-state index contributed by atoms with van der Waals surface area (Å²) >= 11 is 0. The molecule has 1 atom stereocenters. The molecule has 1 aromatic heterocycles. The fraction of sp³-hybridized carbons (Fsp3) is 0.267. The molecule has 18 heavy (non-hydrogen) atoms. The summed E-state index contributed by atoms with van der Waals surface area (Å²) in [6.07, 6.45) is 3.46. The number of benzene rings is 1. The van der Waals surface area contributed by atoms with Gasteiger partial charge in [-0.05, 0) is 31.0 Å². The zero-order chi connectivity index (χ0) is 13.2. The number of nitrogens with two attached hydrogens (primary N) is 1. The van der Waals surface area contributed by atoms with Crippen LogP contribution in [0.4, 0.5) is 0 Å². The second-order valence-corrected chi connectivity index (χ2v) is 4.69. The summed E-state index contributed by atoms with van der Waals surface area (Å²) < 4.78 is 5.19. The second kappa shape index (κ2) is 4.78. The van der Waals surface area contributed by atoms with Gasteiger partial charge in [0.1, 0.15) is 5.75 Å². The van der Waals surface area contributed by atoms with Gasteiger partial charge in [0.15, 0.2) is 0 Å². The van der Waals surface area contributed by atoms with Gasteiger partial charge in [0.05, 0.1) is 18.8 Å². The highest BCUT2D eigenvalue weighted by Gasteiger charge is 2.24. The molecule has 0 bridgehead atoms. The summed E-state index contributed by atoms with van der Waals surface area (Å²) in [5.74, 6) is 0.719. The van der Waals surface area contributed by atoms with E-state index in [1.807, 2.05) is 25.1 Å². The zero-order valence-corrected chi connectivity index (χ0v) is 11.0. The number of methoxy groups -OCH3 is 1. The maximum absolute atomic E-state index is 6.46. The molecule has 3 heteroatoms. The van der Waals surface area contributed by atoms with Crippen molar-refractivity contribution in [2.45, 2.75) is 19.4 Å². The lowest BCUT2D eigenvalue weighted by Gasteiger charge is -2.26. The first kappa shape index (κ1) is 12.6. The van der Waals surface area contributed by atoms with Crippen LogP contribution in [-0.2, 0) is 5.54 Å².